The van der Waals surface area contributed by atoms with Crippen LogP contribution in [0, 0.1) is 5.82 Å². The lowest BCUT2D eigenvalue weighted by molar-refractivity contribution is -0.166. The predicted molar refractivity (Wildman–Crippen MR) is 67.5 cm³/mol. The summed E-state index contributed by atoms with van der Waals surface area (Å²) >= 11 is 3.16. The molecule has 0 spiro atoms. The topological polar surface area (TPSA) is 35.2 Å². The minimum Gasteiger partial charge on any atom is -0.373 e. The van der Waals surface area contributed by atoms with Crippen molar-refractivity contribution in [1.82, 2.24) is 0 Å². The maximum Gasteiger partial charge on any atom is 0.330 e. The highest BCUT2D eigenvalue weighted by Crippen LogP contribution is 2.23. The van der Waals surface area contributed by atoms with Crippen LogP contribution in [0.1, 0.15) is 5.56 Å². The third-order valence-electron chi connectivity index (χ3n) is 2.44. The van der Waals surface area contributed by atoms with Crippen molar-refractivity contribution in [3.05, 3.63) is 34.1 Å². The van der Waals surface area contributed by atoms with Gasteiger partial charge in [0.15, 0.2) is 0 Å². The second kappa shape index (κ2) is 7.33. The highest BCUT2D eigenvalue weighted by molar-refractivity contribution is 9.10. The summed E-state index contributed by atoms with van der Waals surface area (Å²) in [5.74, 6) is -4.69. The number of benzene rings is 1. The largest absolute Gasteiger partial charge is 0.373 e. The number of hydrogen-bond acceptors (Lipinski definition) is 2. The van der Waals surface area contributed by atoms with Crippen LogP contribution in [0.3, 0.4) is 0 Å². The summed E-state index contributed by atoms with van der Waals surface area (Å²) in [5, 5.41) is 0. The van der Waals surface area contributed by atoms with Crippen molar-refractivity contribution in [2.45, 2.75) is 24.8 Å². The summed E-state index contributed by atoms with van der Waals surface area (Å²) in [7, 11) is 0. The second-order valence-corrected chi connectivity index (χ2v) is 5.19. The van der Waals surface area contributed by atoms with Crippen molar-refractivity contribution in [1.29, 1.82) is 0 Å². The molecule has 0 aliphatic heterocycles. The van der Waals surface area contributed by atoms with Crippen LogP contribution in [0.2, 0.25) is 0 Å². The van der Waals surface area contributed by atoms with E-state index in [0.717, 1.165) is 0 Å². The molecule has 0 aromatic heterocycles. The molecule has 1 unspecified atom stereocenters. The number of alkyl halides is 4. The Balaban J connectivity index is 2.44. The van der Waals surface area contributed by atoms with Gasteiger partial charge in [0, 0.05) is 10.5 Å². The zero-order chi connectivity index (χ0) is 15.3. The molecule has 1 atom stereocenters. The van der Waals surface area contributed by atoms with E-state index in [2.05, 4.69) is 20.7 Å². The number of ether oxygens (including phenoxy) is 1. The molecule has 0 aliphatic carbocycles. The summed E-state index contributed by atoms with van der Waals surface area (Å²) in [6.45, 7) is -1.78. The Hall–Kier alpha value is -0.730. The Morgan fingerprint density at radius 2 is 1.95 bits per heavy atom. The van der Waals surface area contributed by atoms with Gasteiger partial charge in [-0.15, -0.1) is 0 Å². The molecule has 0 amide bonds. The first kappa shape index (κ1) is 17.3. The first-order valence-electron chi connectivity index (χ1n) is 5.65. The number of halogens is 6. The van der Waals surface area contributed by atoms with Gasteiger partial charge in [-0.05, 0) is 30.2 Å². The van der Waals surface area contributed by atoms with Crippen LogP contribution in [0.15, 0.2) is 22.7 Å². The van der Waals surface area contributed by atoms with Crippen molar-refractivity contribution < 1.29 is 26.7 Å². The van der Waals surface area contributed by atoms with Crippen LogP contribution in [0.25, 0.3) is 0 Å². The SMILES string of the molecule is NC(COCC(F)(F)C(F)F)Cc1cc(Br)ccc1F. The van der Waals surface area contributed by atoms with Crippen LogP contribution in [0.4, 0.5) is 22.0 Å². The molecular weight excluding hydrogens is 349 g/mol. The van der Waals surface area contributed by atoms with Gasteiger partial charge in [0.2, 0.25) is 0 Å². The number of rotatable bonds is 7. The normalized spacial score (nSPS) is 13.8. The maximum atomic E-state index is 13.4. The Labute approximate surface area is 121 Å². The van der Waals surface area contributed by atoms with Crippen molar-refractivity contribution in [2.24, 2.45) is 5.73 Å². The smallest absolute Gasteiger partial charge is 0.330 e. The molecule has 0 heterocycles. The van der Waals surface area contributed by atoms with Gasteiger partial charge in [-0.1, -0.05) is 15.9 Å². The molecule has 114 valence electrons. The molecule has 1 aromatic carbocycles. The molecule has 1 aromatic rings. The highest BCUT2D eigenvalue weighted by Gasteiger charge is 2.41. The first-order chi connectivity index (χ1) is 9.22. The quantitative estimate of drug-likeness (QED) is 0.755. The molecule has 0 saturated heterocycles. The molecule has 1 rings (SSSR count). The van der Waals surface area contributed by atoms with Gasteiger partial charge >= 0.3 is 12.3 Å². The van der Waals surface area contributed by atoms with Crippen molar-refractivity contribution in [3.8, 4) is 0 Å². The zero-order valence-corrected chi connectivity index (χ0v) is 11.8. The molecule has 0 radical (unpaired) electrons. The minimum atomic E-state index is -4.21. The van der Waals surface area contributed by atoms with Crippen molar-refractivity contribution >= 4 is 15.9 Å². The van der Waals surface area contributed by atoms with E-state index in [1.54, 1.807) is 0 Å². The number of nitrogens with two attached hydrogens (primary N) is 1. The Bertz CT molecular complexity index is 444. The summed E-state index contributed by atoms with van der Waals surface area (Å²) in [6.07, 6.45) is -3.74. The van der Waals surface area contributed by atoms with E-state index in [9.17, 15) is 22.0 Å². The van der Waals surface area contributed by atoms with Crippen LogP contribution in [0.5, 0.6) is 0 Å². The van der Waals surface area contributed by atoms with Crippen LogP contribution in [-0.4, -0.2) is 31.6 Å². The van der Waals surface area contributed by atoms with E-state index in [1.165, 1.54) is 18.2 Å². The van der Waals surface area contributed by atoms with E-state index in [1.807, 2.05) is 0 Å². The zero-order valence-electron chi connectivity index (χ0n) is 10.3. The molecule has 0 saturated carbocycles. The van der Waals surface area contributed by atoms with E-state index in [0.29, 0.717) is 4.47 Å². The van der Waals surface area contributed by atoms with Gasteiger partial charge in [0.1, 0.15) is 12.4 Å². The molecule has 0 aliphatic rings. The third-order valence-corrected chi connectivity index (χ3v) is 2.93. The summed E-state index contributed by atoms with van der Waals surface area (Å²) in [4.78, 5) is 0. The summed E-state index contributed by atoms with van der Waals surface area (Å²) in [5.41, 5.74) is 5.88. The molecule has 2 N–H and O–H groups in total. The predicted octanol–water partition coefficient (Wildman–Crippen LogP) is 3.38. The fourth-order valence-electron chi connectivity index (χ4n) is 1.45. The van der Waals surface area contributed by atoms with Gasteiger partial charge in [-0.25, -0.2) is 13.2 Å². The standard InChI is InChI=1S/C12H13BrF5NO/c13-8-1-2-10(14)7(3-8)4-9(19)5-20-6-12(17,18)11(15)16/h1-3,9,11H,4-6,19H2. The van der Waals surface area contributed by atoms with Gasteiger partial charge in [-0.3, -0.25) is 0 Å². The monoisotopic (exact) mass is 361 g/mol. The van der Waals surface area contributed by atoms with E-state index in [-0.39, 0.29) is 18.6 Å². The first-order valence-corrected chi connectivity index (χ1v) is 6.45. The van der Waals surface area contributed by atoms with Crippen LogP contribution >= 0.6 is 15.9 Å². The third kappa shape index (κ3) is 5.34. The lowest BCUT2D eigenvalue weighted by atomic mass is 10.1. The van der Waals surface area contributed by atoms with E-state index >= 15 is 0 Å². The van der Waals surface area contributed by atoms with E-state index < -0.39 is 30.8 Å². The summed E-state index contributed by atoms with van der Waals surface area (Å²) in [6, 6.07) is 3.47. The lowest BCUT2D eigenvalue weighted by Gasteiger charge is -2.17. The van der Waals surface area contributed by atoms with E-state index in [4.69, 9.17) is 5.73 Å². The maximum absolute atomic E-state index is 13.4. The van der Waals surface area contributed by atoms with Crippen LogP contribution in [-0.2, 0) is 11.2 Å². The highest BCUT2D eigenvalue weighted by atomic mass is 79.9. The fraction of sp³-hybridized carbons (Fsp3) is 0.500. The minimum absolute atomic E-state index is 0.0471. The number of hydrogen-bond donors (Lipinski definition) is 1. The lowest BCUT2D eigenvalue weighted by Crippen LogP contribution is -2.36. The average Bonchev–Trinajstić information content (AvgIpc) is 2.33. The summed E-state index contributed by atoms with van der Waals surface area (Å²) < 4.78 is 67.4. The molecular formula is C12H13BrF5NO. The molecule has 0 fully saturated rings. The molecule has 2 nitrogen and oxygen atoms in total. The van der Waals surface area contributed by atoms with Gasteiger partial charge in [0.05, 0.1) is 6.61 Å². The molecule has 8 heteroatoms. The van der Waals surface area contributed by atoms with Crippen molar-refractivity contribution in [3.63, 3.8) is 0 Å². The Kier molecular flexibility index (Phi) is 6.35. The Morgan fingerprint density at radius 3 is 2.55 bits per heavy atom. The second-order valence-electron chi connectivity index (χ2n) is 4.28. The Morgan fingerprint density at radius 1 is 1.30 bits per heavy atom. The average molecular weight is 362 g/mol. The van der Waals surface area contributed by atoms with Crippen molar-refractivity contribution in [2.75, 3.05) is 13.2 Å². The van der Waals surface area contributed by atoms with Gasteiger partial charge in [0.25, 0.3) is 0 Å². The fourth-order valence-corrected chi connectivity index (χ4v) is 1.86. The van der Waals surface area contributed by atoms with Gasteiger partial charge < -0.3 is 10.5 Å². The van der Waals surface area contributed by atoms with Crippen LogP contribution < -0.4 is 5.73 Å². The molecule has 20 heavy (non-hydrogen) atoms. The molecule has 0 bridgehead atoms. The van der Waals surface area contributed by atoms with Gasteiger partial charge in [-0.2, -0.15) is 8.78 Å².